The Hall–Kier alpha value is 0.690. The predicted molar refractivity (Wildman–Crippen MR) is 55.7 cm³/mol. The second kappa shape index (κ2) is 6.40. The number of hydrogen-bond acceptors (Lipinski definition) is 1. The van der Waals surface area contributed by atoms with Gasteiger partial charge in [0.25, 0.3) is 0 Å². The zero-order valence-electron chi connectivity index (χ0n) is 6.51. The molecule has 0 amide bonds. The smallest absolute Gasteiger partial charge is 0.00388 e. The summed E-state index contributed by atoms with van der Waals surface area (Å²) in [6.45, 7) is 0. The van der Waals surface area contributed by atoms with Crippen LogP contribution in [0.4, 0.5) is 0 Å². The van der Waals surface area contributed by atoms with Gasteiger partial charge in [0.05, 0.1) is 0 Å². The van der Waals surface area contributed by atoms with E-state index >= 15 is 0 Å². The maximum atomic E-state index is 5.80. The second-order valence-corrected chi connectivity index (χ2v) is 3.11. The van der Waals surface area contributed by atoms with Crippen LogP contribution in [0.3, 0.4) is 0 Å². The highest BCUT2D eigenvalue weighted by Gasteiger charge is 2.04. The summed E-state index contributed by atoms with van der Waals surface area (Å²) in [6.07, 6.45) is 9.51. The topological polar surface area (TPSA) is 26.0 Å². The van der Waals surface area contributed by atoms with E-state index in [9.17, 15) is 0 Å². The monoisotopic (exact) mass is 255 g/mol. The van der Waals surface area contributed by atoms with Crippen molar-refractivity contribution in [1.82, 2.24) is 0 Å². The molecule has 1 saturated carbocycles. The molecule has 2 heteroatoms. The average molecular weight is 255 g/mol. The summed E-state index contributed by atoms with van der Waals surface area (Å²) in [5.41, 5.74) is 5.80. The minimum atomic E-state index is 0. The molecule has 1 fully saturated rings. The Morgan fingerprint density at radius 3 is 1.70 bits per heavy atom. The lowest BCUT2D eigenvalue weighted by molar-refractivity contribution is 0.453. The molecule has 0 radical (unpaired) electrons. The standard InChI is InChI=1S/C8H17N.HI/c9-8-6-4-2-1-3-5-7-8;/h8H,1-7,9H2;1H. The van der Waals surface area contributed by atoms with Crippen LogP contribution in [-0.2, 0) is 0 Å². The molecular formula is C8H18IN. The van der Waals surface area contributed by atoms with Gasteiger partial charge in [-0.25, -0.2) is 0 Å². The van der Waals surface area contributed by atoms with Gasteiger partial charge in [-0.1, -0.05) is 32.1 Å². The van der Waals surface area contributed by atoms with E-state index < -0.39 is 0 Å². The molecule has 2 N–H and O–H groups in total. The van der Waals surface area contributed by atoms with Crippen molar-refractivity contribution in [1.29, 1.82) is 0 Å². The van der Waals surface area contributed by atoms with E-state index in [0.29, 0.717) is 6.04 Å². The molecular weight excluding hydrogens is 237 g/mol. The third-order valence-corrected chi connectivity index (χ3v) is 2.15. The van der Waals surface area contributed by atoms with Gasteiger partial charge in [0.1, 0.15) is 0 Å². The maximum absolute atomic E-state index is 5.80. The summed E-state index contributed by atoms with van der Waals surface area (Å²) in [6, 6.07) is 0.519. The average Bonchev–Trinajstić information content (AvgIpc) is 1.79. The van der Waals surface area contributed by atoms with Crippen LogP contribution in [-0.4, -0.2) is 6.04 Å². The normalized spacial score (nSPS) is 22.5. The lowest BCUT2D eigenvalue weighted by Gasteiger charge is -2.13. The molecule has 0 bridgehead atoms. The zero-order chi connectivity index (χ0) is 6.53. The van der Waals surface area contributed by atoms with E-state index in [1.807, 2.05) is 0 Å². The van der Waals surface area contributed by atoms with Crippen molar-refractivity contribution in [2.75, 3.05) is 0 Å². The highest BCUT2D eigenvalue weighted by Crippen LogP contribution is 2.15. The van der Waals surface area contributed by atoms with E-state index in [-0.39, 0.29) is 24.0 Å². The Balaban J connectivity index is 0.000000810. The van der Waals surface area contributed by atoms with Gasteiger partial charge in [-0.2, -0.15) is 0 Å². The van der Waals surface area contributed by atoms with Crippen LogP contribution in [0.5, 0.6) is 0 Å². The first kappa shape index (κ1) is 10.7. The maximum Gasteiger partial charge on any atom is 0.00388 e. The van der Waals surface area contributed by atoms with Crippen LogP contribution >= 0.6 is 24.0 Å². The molecule has 10 heavy (non-hydrogen) atoms. The van der Waals surface area contributed by atoms with Gasteiger partial charge >= 0.3 is 0 Å². The molecule has 0 aliphatic heterocycles. The van der Waals surface area contributed by atoms with Crippen LogP contribution in [0, 0.1) is 0 Å². The predicted octanol–water partition coefficient (Wildman–Crippen LogP) is 2.68. The number of rotatable bonds is 0. The SMILES string of the molecule is I.NC1CCCCCCC1. The molecule has 0 aromatic rings. The van der Waals surface area contributed by atoms with Crippen LogP contribution in [0.15, 0.2) is 0 Å². The molecule has 0 unspecified atom stereocenters. The lowest BCUT2D eigenvalue weighted by atomic mass is 9.98. The van der Waals surface area contributed by atoms with E-state index in [4.69, 9.17) is 5.73 Å². The fourth-order valence-electron chi connectivity index (χ4n) is 1.49. The summed E-state index contributed by atoms with van der Waals surface area (Å²) in [5.74, 6) is 0. The molecule has 1 aliphatic carbocycles. The Labute approximate surface area is 80.8 Å². The largest absolute Gasteiger partial charge is 0.328 e. The number of halogens is 1. The number of nitrogens with two attached hydrogens (primary N) is 1. The molecule has 0 saturated heterocycles. The third kappa shape index (κ3) is 4.50. The van der Waals surface area contributed by atoms with Crippen molar-refractivity contribution < 1.29 is 0 Å². The summed E-state index contributed by atoms with van der Waals surface area (Å²) in [7, 11) is 0. The van der Waals surface area contributed by atoms with Gasteiger partial charge in [-0.3, -0.25) is 0 Å². The quantitative estimate of drug-likeness (QED) is 0.662. The third-order valence-electron chi connectivity index (χ3n) is 2.15. The van der Waals surface area contributed by atoms with E-state index in [1.165, 1.54) is 44.9 Å². The minimum absolute atomic E-state index is 0. The van der Waals surface area contributed by atoms with Crippen LogP contribution in [0.1, 0.15) is 44.9 Å². The van der Waals surface area contributed by atoms with Crippen molar-refractivity contribution in [3.8, 4) is 0 Å². The molecule has 0 spiro atoms. The highest BCUT2D eigenvalue weighted by atomic mass is 127. The van der Waals surface area contributed by atoms with Gasteiger partial charge in [-0.15, -0.1) is 24.0 Å². The fourth-order valence-corrected chi connectivity index (χ4v) is 1.49. The van der Waals surface area contributed by atoms with E-state index in [2.05, 4.69) is 0 Å². The van der Waals surface area contributed by atoms with Crippen LogP contribution in [0.2, 0.25) is 0 Å². The van der Waals surface area contributed by atoms with Crippen molar-refractivity contribution in [2.45, 2.75) is 51.0 Å². The van der Waals surface area contributed by atoms with Gasteiger partial charge in [0.2, 0.25) is 0 Å². The summed E-state index contributed by atoms with van der Waals surface area (Å²) in [4.78, 5) is 0. The molecule has 0 aromatic heterocycles. The van der Waals surface area contributed by atoms with Gasteiger partial charge in [-0.05, 0) is 12.8 Å². The minimum Gasteiger partial charge on any atom is -0.328 e. The molecule has 1 aliphatic rings. The summed E-state index contributed by atoms with van der Waals surface area (Å²) < 4.78 is 0. The molecule has 0 atom stereocenters. The van der Waals surface area contributed by atoms with Crippen LogP contribution in [0.25, 0.3) is 0 Å². The van der Waals surface area contributed by atoms with Crippen molar-refractivity contribution >= 4 is 24.0 Å². The second-order valence-electron chi connectivity index (χ2n) is 3.11. The van der Waals surface area contributed by atoms with E-state index in [1.54, 1.807) is 0 Å². The van der Waals surface area contributed by atoms with Crippen molar-refractivity contribution in [2.24, 2.45) is 5.73 Å². The Kier molecular flexibility index (Phi) is 6.85. The Bertz CT molecular complexity index is 67.7. The van der Waals surface area contributed by atoms with Crippen molar-refractivity contribution in [3.63, 3.8) is 0 Å². The Morgan fingerprint density at radius 2 is 1.20 bits per heavy atom. The first-order valence-corrected chi connectivity index (χ1v) is 4.15. The molecule has 62 valence electrons. The summed E-state index contributed by atoms with van der Waals surface area (Å²) in [5, 5.41) is 0. The molecule has 0 aromatic carbocycles. The molecule has 1 rings (SSSR count). The fraction of sp³-hybridized carbons (Fsp3) is 1.00. The van der Waals surface area contributed by atoms with Crippen LogP contribution < -0.4 is 5.73 Å². The van der Waals surface area contributed by atoms with Gasteiger partial charge in [0.15, 0.2) is 0 Å². The summed E-state index contributed by atoms with van der Waals surface area (Å²) >= 11 is 0. The Morgan fingerprint density at radius 1 is 0.800 bits per heavy atom. The molecule has 0 heterocycles. The first-order valence-electron chi connectivity index (χ1n) is 4.15. The first-order chi connectivity index (χ1) is 4.39. The van der Waals surface area contributed by atoms with Gasteiger partial charge < -0.3 is 5.73 Å². The highest BCUT2D eigenvalue weighted by molar-refractivity contribution is 14.0. The molecule has 1 nitrogen and oxygen atoms in total. The van der Waals surface area contributed by atoms with E-state index in [0.717, 1.165) is 0 Å². The van der Waals surface area contributed by atoms with Crippen molar-refractivity contribution in [3.05, 3.63) is 0 Å². The van der Waals surface area contributed by atoms with Gasteiger partial charge in [0, 0.05) is 6.04 Å². The number of hydrogen-bond donors (Lipinski definition) is 1. The zero-order valence-corrected chi connectivity index (χ0v) is 8.84. The lowest BCUT2D eigenvalue weighted by Crippen LogP contribution is -2.20.